The molecule has 0 amide bonds. The van der Waals surface area contributed by atoms with Crippen LogP contribution in [-0.4, -0.2) is 37.2 Å². The van der Waals surface area contributed by atoms with E-state index < -0.39 is 6.10 Å². The van der Waals surface area contributed by atoms with Gasteiger partial charge in [0.25, 0.3) is 0 Å². The topological polar surface area (TPSA) is 78.9 Å². The van der Waals surface area contributed by atoms with Crippen LogP contribution in [0.4, 0.5) is 0 Å². The molecule has 74 heavy (non-hydrogen) atoms. The molecule has 0 bridgehead atoms. The summed E-state index contributed by atoms with van der Waals surface area (Å²) in [6, 6.07) is 0. The predicted octanol–water partition coefficient (Wildman–Crippen LogP) is 22.8. The number of hydrogen-bond donors (Lipinski definition) is 0. The minimum atomic E-state index is -0.763. The van der Waals surface area contributed by atoms with Crippen molar-refractivity contribution in [3.63, 3.8) is 0 Å². The molecule has 0 aliphatic heterocycles. The molecule has 0 fully saturated rings. The molecule has 6 nitrogen and oxygen atoms in total. The van der Waals surface area contributed by atoms with E-state index in [1.54, 1.807) is 0 Å². The molecule has 0 aromatic heterocycles. The molecule has 0 rings (SSSR count). The summed E-state index contributed by atoms with van der Waals surface area (Å²) in [5, 5.41) is 0. The first-order valence-corrected chi connectivity index (χ1v) is 33.7. The second-order valence-corrected chi connectivity index (χ2v) is 23.1. The number of carbonyl (C=O) groups excluding carboxylic acids is 3. The zero-order valence-corrected chi connectivity index (χ0v) is 50.4. The normalized spacial score (nSPS) is 12.0. The first-order chi connectivity index (χ1) is 36.5. The molecular weight excluding hydrogens is 913 g/mol. The van der Waals surface area contributed by atoms with E-state index in [-0.39, 0.29) is 31.1 Å². The van der Waals surface area contributed by atoms with Crippen molar-refractivity contribution in [2.24, 2.45) is 0 Å². The van der Waals surface area contributed by atoms with Crippen LogP contribution in [0.25, 0.3) is 0 Å². The summed E-state index contributed by atoms with van der Waals surface area (Å²) in [4.78, 5) is 38.2. The third-order valence-corrected chi connectivity index (χ3v) is 15.5. The summed E-state index contributed by atoms with van der Waals surface area (Å²) in [5.74, 6) is -0.833. The molecule has 1 atom stereocenters. The summed E-state index contributed by atoms with van der Waals surface area (Å²) in [6.45, 7) is 6.70. The van der Waals surface area contributed by atoms with Crippen LogP contribution in [0.3, 0.4) is 0 Å². The molecule has 0 saturated heterocycles. The fourth-order valence-corrected chi connectivity index (χ4v) is 10.4. The Balaban J connectivity index is 4.08. The Morgan fingerprint density at radius 2 is 0.446 bits per heavy atom. The highest BCUT2D eigenvalue weighted by molar-refractivity contribution is 5.71. The fraction of sp³-hybridized carbons (Fsp3) is 0.926. The molecule has 0 aliphatic rings. The van der Waals surface area contributed by atoms with Gasteiger partial charge >= 0.3 is 17.9 Å². The first kappa shape index (κ1) is 72.2. The minimum Gasteiger partial charge on any atom is -0.462 e. The van der Waals surface area contributed by atoms with Crippen molar-refractivity contribution in [1.82, 2.24) is 0 Å². The average Bonchev–Trinajstić information content (AvgIpc) is 3.40. The number of esters is 3. The van der Waals surface area contributed by atoms with E-state index in [9.17, 15) is 14.4 Å². The zero-order valence-electron chi connectivity index (χ0n) is 50.4. The number of unbranched alkanes of at least 4 members (excludes halogenated alkanes) is 50. The predicted molar refractivity (Wildman–Crippen MR) is 321 cm³/mol. The van der Waals surface area contributed by atoms with Gasteiger partial charge in [0.1, 0.15) is 13.2 Å². The highest BCUT2D eigenvalue weighted by Crippen LogP contribution is 2.18. The smallest absolute Gasteiger partial charge is 0.306 e. The molecular formula is C68H130O6. The molecule has 1 unspecified atom stereocenters. The van der Waals surface area contributed by atoms with Crippen molar-refractivity contribution in [1.29, 1.82) is 0 Å². The molecule has 0 aliphatic carbocycles. The first-order valence-electron chi connectivity index (χ1n) is 33.7. The highest BCUT2D eigenvalue weighted by Gasteiger charge is 2.19. The van der Waals surface area contributed by atoms with Gasteiger partial charge in [-0.15, -0.1) is 0 Å². The molecule has 0 saturated carbocycles. The fourth-order valence-electron chi connectivity index (χ4n) is 10.4. The lowest BCUT2D eigenvalue weighted by molar-refractivity contribution is -0.167. The lowest BCUT2D eigenvalue weighted by Crippen LogP contribution is -2.30. The maximum absolute atomic E-state index is 12.9. The Bertz CT molecular complexity index is 1150. The van der Waals surface area contributed by atoms with Crippen molar-refractivity contribution in [3.8, 4) is 0 Å². The third kappa shape index (κ3) is 61.0. The van der Waals surface area contributed by atoms with Crippen LogP contribution < -0.4 is 0 Å². The SMILES string of the molecule is CCCCCCCCCC/C=C\CCCCCCCCCCCCCCCCCCCC(=O)OCC(COC(=O)CCCCCCCCCCCC)OC(=O)CCCCCCCCCCCCCCCCCCC. The number of allylic oxidation sites excluding steroid dienone is 2. The maximum atomic E-state index is 12.9. The second kappa shape index (κ2) is 63.7. The Morgan fingerprint density at radius 1 is 0.257 bits per heavy atom. The molecule has 0 aromatic carbocycles. The summed E-state index contributed by atoms with van der Waals surface area (Å²) in [5.41, 5.74) is 0. The van der Waals surface area contributed by atoms with Gasteiger partial charge in [-0.25, -0.2) is 0 Å². The number of rotatable bonds is 63. The van der Waals surface area contributed by atoms with Crippen molar-refractivity contribution in [3.05, 3.63) is 12.2 Å². The molecule has 0 radical (unpaired) electrons. The van der Waals surface area contributed by atoms with Gasteiger partial charge in [-0.2, -0.15) is 0 Å². The van der Waals surface area contributed by atoms with Crippen LogP contribution in [0.15, 0.2) is 12.2 Å². The molecule has 0 N–H and O–H groups in total. The van der Waals surface area contributed by atoms with E-state index in [0.29, 0.717) is 19.3 Å². The second-order valence-electron chi connectivity index (χ2n) is 23.1. The van der Waals surface area contributed by atoms with E-state index in [0.717, 1.165) is 57.8 Å². The van der Waals surface area contributed by atoms with E-state index in [1.165, 1.54) is 289 Å². The van der Waals surface area contributed by atoms with Crippen LogP contribution >= 0.6 is 0 Å². The maximum Gasteiger partial charge on any atom is 0.306 e. The van der Waals surface area contributed by atoms with E-state index >= 15 is 0 Å². The van der Waals surface area contributed by atoms with Crippen LogP contribution in [0.2, 0.25) is 0 Å². The van der Waals surface area contributed by atoms with Gasteiger partial charge in [0.2, 0.25) is 0 Å². The Labute approximate surface area is 462 Å². The average molecular weight is 1040 g/mol. The molecule has 438 valence electrons. The van der Waals surface area contributed by atoms with E-state index in [2.05, 4.69) is 32.9 Å². The summed E-state index contributed by atoms with van der Waals surface area (Å²) in [6.07, 6.45) is 75.3. The van der Waals surface area contributed by atoms with Gasteiger partial charge < -0.3 is 14.2 Å². The van der Waals surface area contributed by atoms with Gasteiger partial charge in [0.05, 0.1) is 0 Å². The summed E-state index contributed by atoms with van der Waals surface area (Å²) >= 11 is 0. The Morgan fingerprint density at radius 3 is 0.676 bits per heavy atom. The van der Waals surface area contributed by atoms with Gasteiger partial charge in [-0.1, -0.05) is 335 Å². The summed E-state index contributed by atoms with van der Waals surface area (Å²) < 4.78 is 16.9. The van der Waals surface area contributed by atoms with Crippen LogP contribution in [0.5, 0.6) is 0 Å². The number of ether oxygens (including phenoxy) is 3. The van der Waals surface area contributed by atoms with Crippen LogP contribution in [0.1, 0.15) is 387 Å². The van der Waals surface area contributed by atoms with E-state index in [1.807, 2.05) is 0 Å². The van der Waals surface area contributed by atoms with E-state index in [4.69, 9.17) is 14.2 Å². The van der Waals surface area contributed by atoms with Gasteiger partial charge in [-0.3, -0.25) is 14.4 Å². The Kier molecular flexibility index (Phi) is 62.1. The molecule has 0 spiro atoms. The Hall–Kier alpha value is -1.85. The van der Waals surface area contributed by atoms with Crippen molar-refractivity contribution in [2.75, 3.05) is 13.2 Å². The summed E-state index contributed by atoms with van der Waals surface area (Å²) in [7, 11) is 0. The molecule has 0 heterocycles. The zero-order chi connectivity index (χ0) is 53.6. The van der Waals surface area contributed by atoms with Crippen molar-refractivity contribution >= 4 is 17.9 Å². The lowest BCUT2D eigenvalue weighted by Gasteiger charge is -2.18. The molecule has 0 aromatic rings. The van der Waals surface area contributed by atoms with Crippen LogP contribution in [0, 0.1) is 0 Å². The van der Waals surface area contributed by atoms with Crippen molar-refractivity contribution < 1.29 is 28.6 Å². The van der Waals surface area contributed by atoms with Crippen molar-refractivity contribution in [2.45, 2.75) is 393 Å². The standard InChI is InChI=1S/C68H130O6/c1-4-7-10-13-16-19-22-24-26-28-29-30-31-32-33-34-35-36-37-38-39-41-42-44-46-49-52-55-58-61-67(70)73-64-65(63-72-66(69)60-57-54-51-48-21-18-15-12-9-6-3)74-68(71)62-59-56-53-50-47-45-43-40-27-25-23-20-17-14-11-8-5-2/h28-29,65H,4-27,30-64H2,1-3H3/b29-28-. The minimum absolute atomic E-state index is 0.0626. The number of carbonyl (C=O) groups is 3. The van der Waals surface area contributed by atoms with Crippen LogP contribution in [-0.2, 0) is 28.6 Å². The number of hydrogen-bond acceptors (Lipinski definition) is 6. The van der Waals surface area contributed by atoms with Gasteiger partial charge in [0, 0.05) is 19.3 Å². The largest absolute Gasteiger partial charge is 0.462 e. The highest BCUT2D eigenvalue weighted by atomic mass is 16.6. The monoisotopic (exact) mass is 1040 g/mol. The lowest BCUT2D eigenvalue weighted by atomic mass is 10.0. The molecule has 6 heteroatoms. The quantitative estimate of drug-likeness (QED) is 0.0261. The van der Waals surface area contributed by atoms with Gasteiger partial charge in [-0.05, 0) is 44.9 Å². The van der Waals surface area contributed by atoms with Gasteiger partial charge in [0.15, 0.2) is 6.10 Å². The third-order valence-electron chi connectivity index (χ3n) is 15.5.